The first-order valence-electron chi connectivity index (χ1n) is 7.23. The Bertz CT molecular complexity index is 1130. The van der Waals surface area contributed by atoms with Crippen molar-refractivity contribution in [3.63, 3.8) is 0 Å². The maximum atomic E-state index is 12.5. The zero-order valence-electron chi connectivity index (χ0n) is 13.2. The summed E-state index contributed by atoms with van der Waals surface area (Å²) in [6, 6.07) is 11.8. The van der Waals surface area contributed by atoms with Gasteiger partial charge in [-0.05, 0) is 18.6 Å². The minimum absolute atomic E-state index is 0.0799. The molecular weight excluding hydrogens is 373 g/mol. The van der Waals surface area contributed by atoms with Crippen molar-refractivity contribution in [2.45, 2.75) is 12.4 Å². The van der Waals surface area contributed by atoms with Gasteiger partial charge in [0.25, 0.3) is 0 Å². The van der Waals surface area contributed by atoms with Crippen molar-refractivity contribution >= 4 is 21.1 Å². The molecule has 0 spiro atoms. The maximum absolute atomic E-state index is 12.5. The van der Waals surface area contributed by atoms with Crippen LogP contribution >= 0.6 is 0 Å². The molecule has 1 heterocycles. The molecule has 0 radical (unpaired) electrons. The molecule has 2 aromatic carbocycles. The highest BCUT2D eigenvalue weighted by atomic mass is 32.2. The lowest BCUT2D eigenvalue weighted by Crippen LogP contribution is -2.28. The van der Waals surface area contributed by atoms with Gasteiger partial charge < -0.3 is 8.60 Å². The van der Waals surface area contributed by atoms with Gasteiger partial charge >= 0.3 is 15.6 Å². The molecule has 0 aliphatic carbocycles. The van der Waals surface area contributed by atoms with Gasteiger partial charge in [-0.25, -0.2) is 0 Å². The fourth-order valence-electron chi connectivity index (χ4n) is 2.43. The Hall–Kier alpha value is -2.81. The molecule has 136 valence electrons. The quantitative estimate of drug-likeness (QED) is 0.504. The van der Waals surface area contributed by atoms with Gasteiger partial charge in [0.15, 0.2) is 5.43 Å². The zero-order valence-corrected chi connectivity index (χ0v) is 14.0. The van der Waals surface area contributed by atoms with Gasteiger partial charge in [-0.3, -0.25) is 4.79 Å². The third kappa shape index (κ3) is 3.30. The van der Waals surface area contributed by atoms with E-state index >= 15 is 0 Å². The van der Waals surface area contributed by atoms with Crippen LogP contribution < -0.4 is 9.61 Å². The Morgan fingerprint density at radius 1 is 1.04 bits per heavy atom. The first-order valence-corrected chi connectivity index (χ1v) is 8.64. The van der Waals surface area contributed by atoms with Gasteiger partial charge in [0.05, 0.1) is 5.39 Å². The predicted octanol–water partition coefficient (Wildman–Crippen LogP) is 4.00. The van der Waals surface area contributed by atoms with Crippen molar-refractivity contribution in [1.82, 2.24) is 0 Å². The van der Waals surface area contributed by atoms with Crippen LogP contribution in [0, 0.1) is 6.92 Å². The smallest absolute Gasteiger partial charge is 0.456 e. The lowest BCUT2D eigenvalue weighted by Gasteiger charge is -2.11. The largest absolute Gasteiger partial charge is 0.534 e. The Morgan fingerprint density at radius 2 is 1.69 bits per heavy atom. The van der Waals surface area contributed by atoms with Crippen LogP contribution in [0.4, 0.5) is 13.2 Å². The molecule has 0 saturated carbocycles. The number of rotatable bonds is 3. The number of benzene rings is 2. The second-order valence-corrected chi connectivity index (χ2v) is 6.98. The van der Waals surface area contributed by atoms with Crippen LogP contribution in [-0.2, 0) is 10.1 Å². The lowest BCUT2D eigenvalue weighted by molar-refractivity contribution is -0.0500. The van der Waals surface area contributed by atoms with Crippen LogP contribution in [0.2, 0.25) is 0 Å². The molecule has 0 fully saturated rings. The van der Waals surface area contributed by atoms with E-state index in [2.05, 4.69) is 4.18 Å². The van der Waals surface area contributed by atoms with Gasteiger partial charge in [0.1, 0.15) is 17.1 Å². The molecule has 0 atom stereocenters. The second kappa shape index (κ2) is 6.17. The fourth-order valence-corrected chi connectivity index (χ4v) is 2.87. The third-order valence-electron chi connectivity index (χ3n) is 3.55. The molecule has 0 saturated heterocycles. The van der Waals surface area contributed by atoms with Crippen LogP contribution in [0.25, 0.3) is 22.3 Å². The van der Waals surface area contributed by atoms with Crippen molar-refractivity contribution in [3.8, 4) is 17.1 Å². The third-order valence-corrected chi connectivity index (χ3v) is 4.53. The Morgan fingerprint density at radius 3 is 2.31 bits per heavy atom. The highest BCUT2D eigenvalue weighted by Crippen LogP contribution is 2.31. The van der Waals surface area contributed by atoms with Gasteiger partial charge in [0, 0.05) is 17.7 Å². The molecule has 0 N–H and O–H groups in total. The summed E-state index contributed by atoms with van der Waals surface area (Å²) in [5.41, 5.74) is -5.25. The fraction of sp³-hybridized carbons (Fsp3) is 0.118. The van der Waals surface area contributed by atoms with Crippen molar-refractivity contribution in [2.75, 3.05) is 0 Å². The van der Waals surface area contributed by atoms with E-state index in [-0.39, 0.29) is 22.3 Å². The molecule has 9 heteroatoms. The summed E-state index contributed by atoms with van der Waals surface area (Å²) in [7, 11) is -5.83. The van der Waals surface area contributed by atoms with E-state index in [9.17, 15) is 26.4 Å². The first-order chi connectivity index (χ1) is 12.1. The summed E-state index contributed by atoms with van der Waals surface area (Å²) in [5.74, 6) is -0.404. The van der Waals surface area contributed by atoms with Gasteiger partial charge in [-0.1, -0.05) is 30.3 Å². The molecule has 5 nitrogen and oxygen atoms in total. The van der Waals surface area contributed by atoms with Gasteiger partial charge in [0.2, 0.25) is 0 Å². The van der Waals surface area contributed by atoms with Crippen molar-refractivity contribution < 1.29 is 30.2 Å². The van der Waals surface area contributed by atoms with Crippen LogP contribution in [0.3, 0.4) is 0 Å². The lowest BCUT2D eigenvalue weighted by atomic mass is 10.1. The highest BCUT2D eigenvalue weighted by molar-refractivity contribution is 7.88. The molecule has 1 aromatic heterocycles. The Labute approximate surface area is 145 Å². The van der Waals surface area contributed by atoms with Gasteiger partial charge in [-0.15, -0.1) is 0 Å². The topological polar surface area (TPSA) is 73.6 Å². The zero-order chi connectivity index (χ0) is 19.1. The molecule has 0 amide bonds. The molecule has 0 aliphatic rings. The highest BCUT2D eigenvalue weighted by Gasteiger charge is 2.48. The second-order valence-electron chi connectivity index (χ2n) is 5.44. The molecule has 0 aliphatic heterocycles. The Balaban J connectivity index is 2.17. The average molecular weight is 384 g/mol. The normalized spacial score (nSPS) is 12.3. The van der Waals surface area contributed by atoms with Crippen LogP contribution in [0.15, 0.2) is 57.7 Å². The van der Waals surface area contributed by atoms with Crippen LogP contribution in [0.5, 0.6) is 5.75 Å². The van der Waals surface area contributed by atoms with E-state index in [1.165, 1.54) is 13.0 Å². The molecule has 26 heavy (non-hydrogen) atoms. The minimum Gasteiger partial charge on any atom is -0.456 e. The molecule has 3 aromatic rings. The van der Waals surface area contributed by atoms with Crippen LogP contribution in [-0.4, -0.2) is 13.9 Å². The molecule has 0 bridgehead atoms. The molecular formula is C17H11F3O5S. The minimum atomic E-state index is -5.83. The van der Waals surface area contributed by atoms with E-state index in [0.717, 1.165) is 12.1 Å². The van der Waals surface area contributed by atoms with Crippen molar-refractivity contribution in [1.29, 1.82) is 0 Å². The summed E-state index contributed by atoms with van der Waals surface area (Å²) in [6.07, 6.45) is 0. The monoisotopic (exact) mass is 384 g/mol. The Kier molecular flexibility index (Phi) is 4.27. The standard InChI is InChI=1S/C17H11F3O5S/c1-10-7-12(25-26(22,23)17(18,19)20)8-15-16(10)13(21)9-14(24-15)11-5-3-2-4-6-11/h2-9H,1H3. The summed E-state index contributed by atoms with van der Waals surface area (Å²) >= 11 is 0. The van der Waals surface area contributed by atoms with E-state index in [0.29, 0.717) is 5.56 Å². The SMILES string of the molecule is Cc1cc(OS(=O)(=O)C(F)(F)F)cc2oc(-c3ccccc3)cc(=O)c12. The van der Waals surface area contributed by atoms with E-state index in [1.807, 2.05) is 0 Å². The number of fused-ring (bicyclic) bond motifs is 1. The summed E-state index contributed by atoms with van der Waals surface area (Å²) in [5, 5.41) is 0.126. The predicted molar refractivity (Wildman–Crippen MR) is 88.3 cm³/mol. The number of hydrogen-bond donors (Lipinski definition) is 0. The number of aryl methyl sites for hydroxylation is 1. The molecule has 3 rings (SSSR count). The van der Waals surface area contributed by atoms with E-state index in [1.54, 1.807) is 30.3 Å². The summed E-state index contributed by atoms with van der Waals surface area (Å²) in [4.78, 5) is 12.4. The van der Waals surface area contributed by atoms with E-state index in [4.69, 9.17) is 4.42 Å². The first kappa shape index (κ1) is 18.0. The molecule has 0 unspecified atom stereocenters. The average Bonchev–Trinajstić information content (AvgIpc) is 2.53. The van der Waals surface area contributed by atoms with Crippen molar-refractivity contribution in [2.24, 2.45) is 0 Å². The van der Waals surface area contributed by atoms with Crippen LogP contribution in [0.1, 0.15) is 5.56 Å². The summed E-state index contributed by atoms with van der Waals surface area (Å²) in [6.45, 7) is 1.44. The number of alkyl halides is 3. The van der Waals surface area contributed by atoms with Gasteiger partial charge in [-0.2, -0.15) is 21.6 Å². The number of hydrogen-bond acceptors (Lipinski definition) is 5. The van der Waals surface area contributed by atoms with Crippen molar-refractivity contribution in [3.05, 3.63) is 64.3 Å². The number of halogens is 3. The maximum Gasteiger partial charge on any atom is 0.534 e. The van der Waals surface area contributed by atoms with E-state index < -0.39 is 26.8 Å². The summed E-state index contributed by atoms with van der Waals surface area (Å²) < 4.78 is 69.6.